The Morgan fingerprint density at radius 3 is 2.26 bits per heavy atom. The summed E-state index contributed by atoms with van der Waals surface area (Å²) in [6.45, 7) is 2.15. The zero-order valence-corrected chi connectivity index (χ0v) is 10.7. The zero-order chi connectivity index (χ0) is 14.4. The van der Waals surface area contributed by atoms with Crippen LogP contribution in [0.4, 0.5) is 25.2 Å². The molecule has 0 spiro atoms. The summed E-state index contributed by atoms with van der Waals surface area (Å²) >= 11 is 0. The molecule has 3 rings (SSSR count). The van der Waals surface area contributed by atoms with Crippen LogP contribution in [-0.2, 0) is 13.1 Å². The van der Waals surface area contributed by atoms with Crippen LogP contribution >= 0.6 is 7.81 Å². The second-order valence-electron chi connectivity index (χ2n) is 4.72. The Kier molecular flexibility index (Phi) is 2.90. The van der Waals surface area contributed by atoms with Gasteiger partial charge in [-0.15, -0.1) is 4.68 Å². The first kappa shape index (κ1) is 14.5. The normalized spacial score (nSPS) is 25.5. The van der Waals surface area contributed by atoms with Gasteiger partial charge in [0.15, 0.2) is 5.21 Å². The molecule has 0 N–H and O–H groups in total. The van der Waals surface area contributed by atoms with Gasteiger partial charge in [-0.2, -0.15) is 0 Å². The minimum absolute atomic E-state index is 0.752. The number of aryl methyl sites for hydroxylation is 2. The summed E-state index contributed by atoms with van der Waals surface area (Å²) in [6.07, 6.45) is 5.24. The van der Waals surface area contributed by atoms with Gasteiger partial charge in [0, 0.05) is 0 Å². The Morgan fingerprint density at radius 2 is 1.63 bits per heavy atom. The van der Waals surface area contributed by atoms with Crippen molar-refractivity contribution in [2.75, 3.05) is 0 Å². The van der Waals surface area contributed by atoms with E-state index in [0.29, 0.717) is 0 Å². The molecule has 0 saturated carbocycles. The Morgan fingerprint density at radius 1 is 1.05 bits per heavy atom. The fourth-order valence-corrected chi connectivity index (χ4v) is 2.44. The van der Waals surface area contributed by atoms with E-state index in [0.717, 1.165) is 19.0 Å². The van der Waals surface area contributed by atoms with Crippen LogP contribution < -0.4 is 4.68 Å². The van der Waals surface area contributed by atoms with Gasteiger partial charge in [0.1, 0.15) is 11.8 Å². The quantitative estimate of drug-likeness (QED) is 0.417. The van der Waals surface area contributed by atoms with Crippen molar-refractivity contribution in [3.63, 3.8) is 0 Å². The molecule has 1 aromatic rings. The van der Waals surface area contributed by atoms with Crippen LogP contribution in [0.5, 0.6) is 0 Å². The maximum absolute atomic E-state index is 10.7. The van der Waals surface area contributed by atoms with Crippen molar-refractivity contribution in [1.29, 1.82) is 0 Å². The molecule has 4 nitrogen and oxygen atoms in total. The number of nitrogens with zero attached hydrogens (tertiary/aromatic N) is 4. The fourth-order valence-electron chi connectivity index (χ4n) is 2.44. The van der Waals surface area contributed by atoms with Gasteiger partial charge in [0.2, 0.25) is 0 Å². The zero-order valence-electron chi connectivity index (χ0n) is 9.82. The molecule has 0 aromatic carbocycles. The minimum atomic E-state index is -10.7. The van der Waals surface area contributed by atoms with Gasteiger partial charge in [0.25, 0.3) is 5.82 Å². The predicted molar refractivity (Wildman–Crippen MR) is 55.0 cm³/mol. The van der Waals surface area contributed by atoms with E-state index in [1.54, 1.807) is 0 Å². The molecule has 0 unspecified atom stereocenters. The summed E-state index contributed by atoms with van der Waals surface area (Å²) in [5.74, 6) is 2.13. The molecule has 0 bridgehead atoms. The summed E-state index contributed by atoms with van der Waals surface area (Å²) in [7, 11) is -10.7. The first-order chi connectivity index (χ1) is 8.40. The topological polar surface area (TPSA) is 34.6 Å². The average molecular weight is 310 g/mol. The molecule has 112 valence electrons. The SMILES string of the molecule is C1CC2CCC[n+]3nnn(c32)C1.F[P-](F)(F)(F)(F)F. The average Bonchev–Trinajstić information content (AvgIpc) is 2.60. The first-order valence-electron chi connectivity index (χ1n) is 5.80. The van der Waals surface area contributed by atoms with Crippen LogP contribution in [0.25, 0.3) is 0 Å². The number of tetrazole rings is 1. The van der Waals surface area contributed by atoms with Crippen molar-refractivity contribution in [3.8, 4) is 0 Å². The summed E-state index contributed by atoms with van der Waals surface area (Å²) in [5, 5.41) is 8.30. The standard InChI is InChI=1S/C8H13N4.F6P/c1-3-7-4-2-6-12-8(7)11(5-1)9-10-12;1-7(2,3,4,5)6/h7H,1-6H2;/q+1;-1. The molecule has 3 heterocycles. The van der Waals surface area contributed by atoms with E-state index in [2.05, 4.69) is 19.8 Å². The molecule has 0 radical (unpaired) electrons. The van der Waals surface area contributed by atoms with Crippen molar-refractivity contribution in [3.05, 3.63) is 5.82 Å². The van der Waals surface area contributed by atoms with E-state index in [4.69, 9.17) is 0 Å². The molecule has 0 fully saturated rings. The third kappa shape index (κ3) is 4.93. The van der Waals surface area contributed by atoms with Gasteiger partial charge in [0.05, 0.1) is 12.5 Å². The van der Waals surface area contributed by atoms with Gasteiger partial charge in [-0.05, 0) is 25.7 Å². The predicted octanol–water partition coefficient (Wildman–Crippen LogP) is 3.62. The summed E-state index contributed by atoms with van der Waals surface area (Å²) in [6, 6.07) is 0. The van der Waals surface area contributed by atoms with Crippen molar-refractivity contribution >= 4 is 7.81 Å². The van der Waals surface area contributed by atoms with Crippen LogP contribution in [0.3, 0.4) is 0 Å². The Bertz CT molecular complexity index is 441. The van der Waals surface area contributed by atoms with Crippen LogP contribution in [-0.4, -0.2) is 15.1 Å². The van der Waals surface area contributed by atoms with E-state index in [9.17, 15) is 25.2 Å². The van der Waals surface area contributed by atoms with Crippen molar-refractivity contribution in [1.82, 2.24) is 15.1 Å². The molecular weight excluding hydrogens is 297 g/mol. The monoisotopic (exact) mass is 310 g/mol. The maximum atomic E-state index is 9.87. The Labute approximate surface area is 104 Å². The molecule has 1 aromatic heterocycles. The van der Waals surface area contributed by atoms with E-state index in [1.807, 2.05) is 0 Å². The van der Waals surface area contributed by atoms with Crippen LogP contribution in [0.1, 0.15) is 37.4 Å². The summed E-state index contributed by atoms with van der Waals surface area (Å²) in [5.41, 5.74) is 0. The molecule has 0 aliphatic carbocycles. The number of hydrogen-bond donors (Lipinski definition) is 0. The van der Waals surface area contributed by atoms with E-state index in [1.165, 1.54) is 31.5 Å². The summed E-state index contributed by atoms with van der Waals surface area (Å²) in [4.78, 5) is 0. The molecule has 2 aliphatic rings. The van der Waals surface area contributed by atoms with Gasteiger partial charge in [-0.1, -0.05) is 4.68 Å². The second kappa shape index (κ2) is 3.80. The molecule has 19 heavy (non-hydrogen) atoms. The van der Waals surface area contributed by atoms with Crippen LogP contribution in [0.15, 0.2) is 0 Å². The number of rotatable bonds is 0. The summed E-state index contributed by atoms with van der Waals surface area (Å²) < 4.78 is 63.4. The van der Waals surface area contributed by atoms with E-state index in [-0.39, 0.29) is 0 Å². The van der Waals surface area contributed by atoms with Gasteiger partial charge in [-0.3, -0.25) is 0 Å². The fraction of sp³-hybridized carbons (Fsp3) is 0.875. The van der Waals surface area contributed by atoms with Gasteiger partial charge in [-0.25, -0.2) is 0 Å². The second-order valence-corrected chi connectivity index (χ2v) is 6.64. The third-order valence-electron chi connectivity index (χ3n) is 2.99. The molecule has 2 aliphatic heterocycles. The molecular formula is C8H13F6N4P. The van der Waals surface area contributed by atoms with Gasteiger partial charge < -0.3 is 0 Å². The third-order valence-corrected chi connectivity index (χ3v) is 2.99. The Balaban J connectivity index is 0.000000167. The van der Waals surface area contributed by atoms with Crippen molar-refractivity contribution < 1.29 is 29.9 Å². The Hall–Kier alpha value is -0.920. The first-order valence-corrected chi connectivity index (χ1v) is 7.83. The molecule has 0 saturated heterocycles. The molecule has 11 heteroatoms. The molecule has 0 amide bonds. The van der Waals surface area contributed by atoms with Crippen molar-refractivity contribution in [2.45, 2.75) is 44.7 Å². The van der Waals surface area contributed by atoms with E-state index >= 15 is 0 Å². The number of hydrogen-bond acceptors (Lipinski definition) is 2. The molecule has 0 atom stereocenters. The number of halogens is 6. The van der Waals surface area contributed by atoms with Crippen molar-refractivity contribution in [2.24, 2.45) is 0 Å². The van der Waals surface area contributed by atoms with Crippen LogP contribution in [0, 0.1) is 0 Å². The number of aromatic nitrogens is 4. The van der Waals surface area contributed by atoms with Gasteiger partial charge >= 0.3 is 33.0 Å². The van der Waals surface area contributed by atoms with E-state index < -0.39 is 7.81 Å². The van der Waals surface area contributed by atoms with Crippen LogP contribution in [0.2, 0.25) is 0 Å².